The number of aryl methyl sites for hydroxylation is 1. The highest BCUT2D eigenvalue weighted by molar-refractivity contribution is 7.11. The fourth-order valence-electron chi connectivity index (χ4n) is 5.00. The maximum atomic E-state index is 13.8. The molecule has 0 saturated heterocycles. The van der Waals surface area contributed by atoms with Gasteiger partial charge in [-0.25, -0.2) is 0 Å². The van der Waals surface area contributed by atoms with E-state index in [1.54, 1.807) is 25.6 Å². The number of carbonyl (C=O) groups is 2. The molecular formula is C32H40N2O4S. The minimum absolute atomic E-state index is 0.0112. The van der Waals surface area contributed by atoms with Gasteiger partial charge in [0, 0.05) is 28.8 Å². The molecule has 208 valence electrons. The first-order valence-electron chi connectivity index (χ1n) is 13.8. The standard InChI is InChI=1S/C32H40N2O4S/c1-5-6-17-34(32(36)28-20-27(28)25-10-8-7-9-11-25)22-31(35)33(21-26-14-12-23(2)39-26)18-16-24-13-15-29(37-3)30(19-24)38-4/h7-15,19,27-28H,5-6,16-18,20-22H2,1-4H3. The summed E-state index contributed by atoms with van der Waals surface area (Å²) < 4.78 is 10.8. The zero-order valence-corrected chi connectivity index (χ0v) is 24.3. The Labute approximate surface area is 236 Å². The van der Waals surface area contributed by atoms with Crippen LogP contribution in [-0.2, 0) is 22.6 Å². The van der Waals surface area contributed by atoms with E-state index in [0.717, 1.165) is 29.7 Å². The van der Waals surface area contributed by atoms with E-state index in [1.807, 2.05) is 46.2 Å². The van der Waals surface area contributed by atoms with Crippen molar-refractivity contribution in [2.24, 2.45) is 5.92 Å². The average Bonchev–Trinajstić information content (AvgIpc) is 3.66. The Morgan fingerprint density at radius 1 is 0.949 bits per heavy atom. The molecule has 39 heavy (non-hydrogen) atoms. The van der Waals surface area contributed by atoms with Crippen molar-refractivity contribution in [2.45, 2.75) is 52.0 Å². The van der Waals surface area contributed by atoms with Crippen LogP contribution in [0.3, 0.4) is 0 Å². The fourth-order valence-corrected chi connectivity index (χ4v) is 5.91. The molecule has 6 nitrogen and oxygen atoms in total. The number of hydrogen-bond acceptors (Lipinski definition) is 5. The van der Waals surface area contributed by atoms with Gasteiger partial charge in [0.15, 0.2) is 11.5 Å². The van der Waals surface area contributed by atoms with Crippen molar-refractivity contribution >= 4 is 23.2 Å². The molecule has 2 atom stereocenters. The number of hydrogen-bond donors (Lipinski definition) is 0. The first-order chi connectivity index (χ1) is 18.9. The Hall–Kier alpha value is -3.32. The largest absolute Gasteiger partial charge is 0.493 e. The smallest absolute Gasteiger partial charge is 0.242 e. The van der Waals surface area contributed by atoms with Gasteiger partial charge in [0.2, 0.25) is 11.8 Å². The van der Waals surface area contributed by atoms with Crippen LogP contribution in [0, 0.1) is 12.8 Å². The van der Waals surface area contributed by atoms with Gasteiger partial charge in [0.1, 0.15) is 0 Å². The molecule has 3 aromatic rings. The number of unbranched alkanes of at least 4 members (excludes halogenated alkanes) is 1. The van der Waals surface area contributed by atoms with Crippen LogP contribution in [0.15, 0.2) is 60.7 Å². The SMILES string of the molecule is CCCCN(CC(=O)N(CCc1ccc(OC)c(OC)c1)Cc1ccc(C)s1)C(=O)C1CC1c1ccccc1. The molecule has 2 amide bonds. The molecular weight excluding hydrogens is 508 g/mol. The van der Waals surface area contributed by atoms with Gasteiger partial charge in [-0.1, -0.05) is 49.7 Å². The first-order valence-corrected chi connectivity index (χ1v) is 14.6. The van der Waals surface area contributed by atoms with E-state index in [9.17, 15) is 9.59 Å². The van der Waals surface area contributed by atoms with Crippen LogP contribution >= 0.6 is 11.3 Å². The number of benzene rings is 2. The third-order valence-electron chi connectivity index (χ3n) is 7.37. The lowest BCUT2D eigenvalue weighted by Crippen LogP contribution is -2.44. The number of amides is 2. The van der Waals surface area contributed by atoms with Crippen molar-refractivity contribution < 1.29 is 19.1 Å². The predicted octanol–water partition coefficient (Wildman–Crippen LogP) is 6.08. The zero-order valence-electron chi connectivity index (χ0n) is 23.5. The summed E-state index contributed by atoms with van der Waals surface area (Å²) in [6.07, 6.45) is 3.40. The summed E-state index contributed by atoms with van der Waals surface area (Å²) >= 11 is 1.71. The van der Waals surface area contributed by atoms with Gasteiger partial charge in [0.25, 0.3) is 0 Å². The van der Waals surface area contributed by atoms with Crippen molar-refractivity contribution in [3.8, 4) is 11.5 Å². The number of ether oxygens (including phenoxy) is 2. The molecule has 0 aliphatic heterocycles. The molecule has 0 bridgehead atoms. The molecule has 1 aliphatic carbocycles. The van der Waals surface area contributed by atoms with E-state index >= 15 is 0 Å². The molecule has 0 N–H and O–H groups in total. The maximum absolute atomic E-state index is 13.8. The number of nitrogens with zero attached hydrogens (tertiary/aromatic N) is 2. The normalized spacial score (nSPS) is 16.0. The highest BCUT2D eigenvalue weighted by Gasteiger charge is 2.45. The lowest BCUT2D eigenvalue weighted by molar-refractivity contribution is -0.141. The third-order valence-corrected chi connectivity index (χ3v) is 8.35. The van der Waals surface area contributed by atoms with Gasteiger partial charge in [-0.15, -0.1) is 11.3 Å². The highest BCUT2D eigenvalue weighted by Crippen LogP contribution is 2.48. The number of methoxy groups -OCH3 is 2. The van der Waals surface area contributed by atoms with Crippen LogP contribution in [0.1, 0.15) is 53.0 Å². The molecule has 7 heteroatoms. The topological polar surface area (TPSA) is 59.1 Å². The summed E-state index contributed by atoms with van der Waals surface area (Å²) in [5.41, 5.74) is 2.28. The van der Waals surface area contributed by atoms with E-state index in [-0.39, 0.29) is 30.2 Å². The van der Waals surface area contributed by atoms with Crippen molar-refractivity contribution in [3.05, 3.63) is 81.5 Å². The van der Waals surface area contributed by atoms with Gasteiger partial charge in [-0.05, 0) is 67.5 Å². The molecule has 4 rings (SSSR count). The zero-order chi connectivity index (χ0) is 27.8. The molecule has 1 heterocycles. The Morgan fingerprint density at radius 3 is 2.38 bits per heavy atom. The van der Waals surface area contributed by atoms with Gasteiger partial charge in [-0.3, -0.25) is 9.59 Å². The van der Waals surface area contributed by atoms with Gasteiger partial charge < -0.3 is 19.3 Å². The minimum atomic E-state index is -0.0304. The Kier molecular flexibility index (Phi) is 10.0. The lowest BCUT2D eigenvalue weighted by Gasteiger charge is -2.28. The van der Waals surface area contributed by atoms with Crippen molar-refractivity contribution in [1.29, 1.82) is 0 Å². The fraction of sp³-hybridized carbons (Fsp3) is 0.438. The molecule has 2 unspecified atom stereocenters. The van der Waals surface area contributed by atoms with Crippen LogP contribution in [0.5, 0.6) is 11.5 Å². The van der Waals surface area contributed by atoms with Gasteiger partial charge >= 0.3 is 0 Å². The van der Waals surface area contributed by atoms with Crippen LogP contribution in [0.4, 0.5) is 0 Å². The van der Waals surface area contributed by atoms with Crippen molar-refractivity contribution in [3.63, 3.8) is 0 Å². The van der Waals surface area contributed by atoms with Crippen LogP contribution in [-0.4, -0.2) is 55.5 Å². The molecule has 1 fully saturated rings. The van der Waals surface area contributed by atoms with Gasteiger partial charge in [-0.2, -0.15) is 0 Å². The van der Waals surface area contributed by atoms with Crippen LogP contribution in [0.25, 0.3) is 0 Å². The number of carbonyl (C=O) groups excluding carboxylic acids is 2. The molecule has 0 spiro atoms. The monoisotopic (exact) mass is 548 g/mol. The molecule has 0 radical (unpaired) electrons. The first kappa shape index (κ1) is 28.7. The summed E-state index contributed by atoms with van der Waals surface area (Å²) in [6, 6.07) is 20.3. The molecule has 2 aromatic carbocycles. The maximum Gasteiger partial charge on any atom is 0.242 e. The molecule has 1 aliphatic rings. The average molecular weight is 549 g/mol. The lowest BCUT2D eigenvalue weighted by atomic mass is 10.1. The molecule has 1 saturated carbocycles. The summed E-state index contributed by atoms with van der Waals surface area (Å²) in [7, 11) is 3.25. The van der Waals surface area contributed by atoms with E-state index < -0.39 is 0 Å². The summed E-state index contributed by atoms with van der Waals surface area (Å²) in [4.78, 5) is 33.4. The highest BCUT2D eigenvalue weighted by atomic mass is 32.1. The summed E-state index contributed by atoms with van der Waals surface area (Å²) in [5, 5.41) is 0. The van der Waals surface area contributed by atoms with Crippen LogP contribution in [0.2, 0.25) is 0 Å². The predicted molar refractivity (Wildman–Crippen MR) is 157 cm³/mol. The Balaban J connectivity index is 1.47. The molecule has 1 aromatic heterocycles. The van der Waals surface area contributed by atoms with E-state index in [1.165, 1.54) is 10.4 Å². The Bertz CT molecular complexity index is 1240. The van der Waals surface area contributed by atoms with Gasteiger partial charge in [0.05, 0.1) is 27.3 Å². The quantitative estimate of drug-likeness (QED) is 0.245. The summed E-state index contributed by atoms with van der Waals surface area (Å²) in [5.74, 6) is 1.68. The van der Waals surface area contributed by atoms with E-state index in [2.05, 4.69) is 38.1 Å². The van der Waals surface area contributed by atoms with Crippen LogP contribution < -0.4 is 9.47 Å². The van der Waals surface area contributed by atoms with Crippen molar-refractivity contribution in [1.82, 2.24) is 9.80 Å². The van der Waals surface area contributed by atoms with Crippen molar-refractivity contribution in [2.75, 3.05) is 33.9 Å². The second-order valence-corrected chi connectivity index (χ2v) is 11.6. The second-order valence-electron chi connectivity index (χ2n) is 10.2. The third kappa shape index (κ3) is 7.63. The Morgan fingerprint density at radius 2 is 1.72 bits per heavy atom. The minimum Gasteiger partial charge on any atom is -0.493 e. The van der Waals surface area contributed by atoms with E-state index in [0.29, 0.717) is 37.6 Å². The summed E-state index contributed by atoms with van der Waals surface area (Å²) in [6.45, 7) is 6.01. The van der Waals surface area contributed by atoms with E-state index in [4.69, 9.17) is 9.47 Å². The number of thiophene rings is 1. The number of rotatable bonds is 14. The second kappa shape index (κ2) is 13.7.